The number of urea groups is 1. The van der Waals surface area contributed by atoms with Gasteiger partial charge in [0.2, 0.25) is 0 Å². The van der Waals surface area contributed by atoms with E-state index in [9.17, 15) is 4.79 Å². The van der Waals surface area contributed by atoms with E-state index in [2.05, 4.69) is 35.3 Å². The summed E-state index contributed by atoms with van der Waals surface area (Å²) in [5.41, 5.74) is 2.41. The zero-order valence-corrected chi connectivity index (χ0v) is 15.7. The number of hydrogen-bond donors (Lipinski definition) is 1. The maximum absolute atomic E-state index is 12.3. The highest BCUT2D eigenvalue weighted by atomic mass is 32.1. The number of carbonyl (C=O) groups excluding carboxylic acids is 1. The Morgan fingerprint density at radius 2 is 2.08 bits per heavy atom. The molecule has 7 heteroatoms. The predicted octanol–water partition coefficient (Wildman–Crippen LogP) is 4.27. The van der Waals surface area contributed by atoms with Crippen molar-refractivity contribution in [1.29, 1.82) is 0 Å². The van der Waals surface area contributed by atoms with Gasteiger partial charge in [0, 0.05) is 26.2 Å². The normalized spacial score (nSPS) is 14.9. The van der Waals surface area contributed by atoms with E-state index in [-0.39, 0.29) is 6.03 Å². The molecule has 0 aliphatic carbocycles. The lowest BCUT2D eigenvalue weighted by Crippen LogP contribution is -2.50. The molecule has 3 heterocycles. The summed E-state index contributed by atoms with van der Waals surface area (Å²) in [4.78, 5) is 21.2. The summed E-state index contributed by atoms with van der Waals surface area (Å²) in [6.07, 6.45) is 1.04. The van der Waals surface area contributed by atoms with Crippen LogP contribution in [0.2, 0.25) is 0 Å². The number of amides is 2. The van der Waals surface area contributed by atoms with E-state index >= 15 is 0 Å². The van der Waals surface area contributed by atoms with Crippen molar-refractivity contribution in [3.63, 3.8) is 0 Å². The number of piperazine rings is 1. The molecule has 1 aromatic carbocycles. The quantitative estimate of drug-likeness (QED) is 0.747. The van der Waals surface area contributed by atoms with Crippen LogP contribution in [0.5, 0.6) is 0 Å². The van der Waals surface area contributed by atoms with Crippen LogP contribution < -0.4 is 10.2 Å². The van der Waals surface area contributed by atoms with Crippen LogP contribution in [-0.4, -0.2) is 42.1 Å². The number of thiophene rings is 1. The lowest BCUT2D eigenvalue weighted by atomic mass is 10.2. The summed E-state index contributed by atoms with van der Waals surface area (Å²) >= 11 is 3.28. The second-order valence-corrected chi connectivity index (χ2v) is 7.99. The highest BCUT2D eigenvalue weighted by molar-refractivity contribution is 7.22. The van der Waals surface area contributed by atoms with Crippen molar-refractivity contribution >= 4 is 49.1 Å². The van der Waals surface area contributed by atoms with Crippen molar-refractivity contribution in [3.05, 3.63) is 41.3 Å². The number of aromatic nitrogens is 1. The molecule has 1 fully saturated rings. The molecule has 1 saturated heterocycles. The second kappa shape index (κ2) is 7.01. The van der Waals surface area contributed by atoms with Gasteiger partial charge in [-0.3, -0.25) is 5.32 Å². The van der Waals surface area contributed by atoms with Crippen molar-refractivity contribution in [2.24, 2.45) is 0 Å². The second-order valence-electron chi connectivity index (χ2n) is 6.03. The Bertz CT molecular complexity index is 866. The van der Waals surface area contributed by atoms with Crippen LogP contribution >= 0.6 is 22.7 Å². The van der Waals surface area contributed by atoms with Gasteiger partial charge in [0.25, 0.3) is 0 Å². The Morgan fingerprint density at radius 1 is 1.24 bits per heavy atom. The number of aryl methyl sites for hydroxylation is 1. The monoisotopic (exact) mass is 372 g/mol. The molecule has 25 heavy (non-hydrogen) atoms. The molecule has 2 amide bonds. The van der Waals surface area contributed by atoms with Gasteiger partial charge in [-0.05, 0) is 41.6 Å². The highest BCUT2D eigenvalue weighted by Gasteiger charge is 2.23. The maximum Gasteiger partial charge on any atom is 0.322 e. The van der Waals surface area contributed by atoms with E-state index in [1.54, 1.807) is 22.7 Å². The predicted molar refractivity (Wildman–Crippen MR) is 106 cm³/mol. The zero-order chi connectivity index (χ0) is 17.2. The zero-order valence-electron chi connectivity index (χ0n) is 14.1. The number of fused-ring (bicyclic) bond motifs is 1. The molecule has 0 spiro atoms. The topological polar surface area (TPSA) is 48.5 Å². The first kappa shape index (κ1) is 16.4. The number of benzene rings is 1. The number of thiazole rings is 1. The Morgan fingerprint density at radius 3 is 2.80 bits per heavy atom. The first-order chi connectivity index (χ1) is 12.2. The number of rotatable bonds is 3. The molecular weight excluding hydrogens is 352 g/mol. The molecule has 0 saturated carbocycles. The largest absolute Gasteiger partial charge is 0.345 e. The number of hydrogen-bond acceptors (Lipinski definition) is 5. The lowest BCUT2D eigenvalue weighted by molar-refractivity contribution is 0.208. The Labute approximate surface area is 154 Å². The van der Waals surface area contributed by atoms with Gasteiger partial charge < -0.3 is 9.80 Å². The Hall–Kier alpha value is -2.12. The standard InChI is InChI=1S/C18H20N4OS2/c1-2-13-5-6-14-15(12-13)25-18(19-14)22-9-7-21(8-10-22)17(23)20-16-4-3-11-24-16/h3-6,11-12H,2,7-10H2,1H3,(H,20,23). The first-order valence-corrected chi connectivity index (χ1v) is 10.2. The van der Waals surface area contributed by atoms with Crippen molar-refractivity contribution < 1.29 is 4.79 Å². The number of anilines is 2. The molecule has 1 aliphatic heterocycles. The lowest BCUT2D eigenvalue weighted by Gasteiger charge is -2.34. The first-order valence-electron chi connectivity index (χ1n) is 8.47. The highest BCUT2D eigenvalue weighted by Crippen LogP contribution is 2.30. The van der Waals surface area contributed by atoms with E-state index in [0.29, 0.717) is 13.1 Å². The summed E-state index contributed by atoms with van der Waals surface area (Å²) in [6.45, 7) is 5.24. The molecule has 0 atom stereocenters. The number of nitrogens with one attached hydrogen (secondary N) is 1. The number of carbonyl (C=O) groups is 1. The van der Waals surface area contributed by atoms with Crippen molar-refractivity contribution in [1.82, 2.24) is 9.88 Å². The van der Waals surface area contributed by atoms with Crippen LogP contribution in [0.15, 0.2) is 35.7 Å². The van der Waals surface area contributed by atoms with Gasteiger partial charge >= 0.3 is 6.03 Å². The van der Waals surface area contributed by atoms with Crippen molar-refractivity contribution in [3.8, 4) is 0 Å². The summed E-state index contributed by atoms with van der Waals surface area (Å²) in [5, 5.41) is 6.87. The van der Waals surface area contributed by atoms with Crippen molar-refractivity contribution in [2.75, 3.05) is 36.4 Å². The fourth-order valence-electron chi connectivity index (χ4n) is 2.95. The van der Waals surface area contributed by atoms with Crippen LogP contribution in [-0.2, 0) is 6.42 Å². The third-order valence-electron chi connectivity index (χ3n) is 4.44. The summed E-state index contributed by atoms with van der Waals surface area (Å²) in [7, 11) is 0. The summed E-state index contributed by atoms with van der Waals surface area (Å²) < 4.78 is 1.24. The van der Waals surface area contributed by atoms with Crippen LogP contribution in [0.4, 0.5) is 14.9 Å². The molecule has 0 bridgehead atoms. The minimum Gasteiger partial charge on any atom is -0.345 e. The average Bonchev–Trinajstić information content (AvgIpc) is 3.30. The summed E-state index contributed by atoms with van der Waals surface area (Å²) in [6, 6.07) is 10.3. The van der Waals surface area contributed by atoms with Gasteiger partial charge in [-0.1, -0.05) is 24.3 Å². The smallest absolute Gasteiger partial charge is 0.322 e. The van der Waals surface area contributed by atoms with Gasteiger partial charge in [-0.2, -0.15) is 0 Å². The van der Waals surface area contributed by atoms with Gasteiger partial charge in [-0.15, -0.1) is 11.3 Å². The van der Waals surface area contributed by atoms with E-state index in [1.165, 1.54) is 10.3 Å². The van der Waals surface area contributed by atoms with E-state index in [1.807, 2.05) is 22.4 Å². The van der Waals surface area contributed by atoms with E-state index in [4.69, 9.17) is 4.98 Å². The van der Waals surface area contributed by atoms with Gasteiger partial charge in [0.05, 0.1) is 15.2 Å². The van der Waals surface area contributed by atoms with Crippen molar-refractivity contribution in [2.45, 2.75) is 13.3 Å². The van der Waals surface area contributed by atoms with Gasteiger partial charge in [-0.25, -0.2) is 9.78 Å². The van der Waals surface area contributed by atoms with E-state index < -0.39 is 0 Å². The minimum atomic E-state index is -0.0148. The molecule has 2 aromatic heterocycles. The molecular formula is C18H20N4OS2. The molecule has 0 radical (unpaired) electrons. The number of nitrogens with zero attached hydrogens (tertiary/aromatic N) is 3. The average molecular weight is 373 g/mol. The summed E-state index contributed by atoms with van der Waals surface area (Å²) in [5.74, 6) is 0. The SMILES string of the molecule is CCc1ccc2nc(N3CCN(C(=O)Nc4cccs4)CC3)sc2c1. The molecule has 4 rings (SSSR count). The molecule has 130 valence electrons. The molecule has 1 N–H and O–H groups in total. The Kier molecular flexibility index (Phi) is 4.59. The minimum absolute atomic E-state index is 0.0148. The van der Waals surface area contributed by atoms with Crippen LogP contribution in [0.1, 0.15) is 12.5 Å². The molecule has 0 unspecified atom stereocenters. The van der Waals surface area contributed by atoms with Gasteiger partial charge in [0.1, 0.15) is 0 Å². The van der Waals surface area contributed by atoms with E-state index in [0.717, 1.165) is 35.2 Å². The molecule has 1 aliphatic rings. The third-order valence-corrected chi connectivity index (χ3v) is 6.30. The van der Waals surface area contributed by atoms with Gasteiger partial charge in [0.15, 0.2) is 5.13 Å². The van der Waals surface area contributed by atoms with Crippen LogP contribution in [0.25, 0.3) is 10.2 Å². The fourth-order valence-corrected chi connectivity index (χ4v) is 4.64. The van der Waals surface area contributed by atoms with Crippen LogP contribution in [0, 0.1) is 0 Å². The maximum atomic E-state index is 12.3. The molecule has 5 nitrogen and oxygen atoms in total. The molecule has 3 aromatic rings. The fraction of sp³-hybridized carbons (Fsp3) is 0.333. The third kappa shape index (κ3) is 3.48. The van der Waals surface area contributed by atoms with Crippen LogP contribution in [0.3, 0.4) is 0 Å². The Balaban J connectivity index is 1.40.